The molecule has 1 saturated heterocycles. The Bertz CT molecular complexity index is 169. The van der Waals surface area contributed by atoms with Gasteiger partial charge in [0.25, 0.3) is 0 Å². The number of hydrogen-bond acceptors (Lipinski definition) is 2. The Hall–Kier alpha value is -0.340. The van der Waals surface area contributed by atoms with Crippen molar-refractivity contribution in [2.75, 3.05) is 19.7 Å². The van der Waals surface area contributed by atoms with Gasteiger partial charge in [0.2, 0.25) is 0 Å². The zero-order valence-electron chi connectivity index (χ0n) is 7.54. The maximum atomic E-state index is 5.70. The van der Waals surface area contributed by atoms with Crippen molar-refractivity contribution < 1.29 is 4.74 Å². The zero-order chi connectivity index (χ0) is 8.39. The van der Waals surface area contributed by atoms with Crippen LogP contribution in [0.15, 0.2) is 12.7 Å². The van der Waals surface area contributed by atoms with Gasteiger partial charge in [0.05, 0.1) is 12.7 Å². The lowest BCUT2D eigenvalue weighted by Crippen LogP contribution is -2.48. The minimum Gasteiger partial charge on any atom is -0.375 e. The van der Waals surface area contributed by atoms with Crippen LogP contribution < -0.4 is 0 Å². The Balaban J connectivity index is 1.98. The summed E-state index contributed by atoms with van der Waals surface area (Å²) in [4.78, 5) is 2.51. The predicted molar refractivity (Wildman–Crippen MR) is 49.1 cm³/mol. The molecule has 2 heteroatoms. The summed E-state index contributed by atoms with van der Waals surface area (Å²) in [6.45, 7) is 6.82. The molecule has 0 spiro atoms. The summed E-state index contributed by atoms with van der Waals surface area (Å²) in [5, 5.41) is 0. The fraction of sp³-hybridized carbons (Fsp3) is 0.800. The van der Waals surface area contributed by atoms with Crippen LogP contribution in [-0.4, -0.2) is 36.7 Å². The summed E-state index contributed by atoms with van der Waals surface area (Å²) in [5.41, 5.74) is 0. The lowest BCUT2D eigenvalue weighted by Gasteiger charge is -2.36. The second-order valence-electron chi connectivity index (χ2n) is 3.69. The van der Waals surface area contributed by atoms with E-state index in [-0.39, 0.29) is 0 Å². The molecule has 2 fully saturated rings. The highest BCUT2D eigenvalue weighted by Gasteiger charge is 2.35. The fourth-order valence-corrected chi connectivity index (χ4v) is 2.40. The number of morpholine rings is 1. The minimum absolute atomic E-state index is 0.527. The molecular formula is C10H17NO. The van der Waals surface area contributed by atoms with Crippen molar-refractivity contribution in [2.24, 2.45) is 0 Å². The van der Waals surface area contributed by atoms with E-state index in [1.807, 2.05) is 6.08 Å². The molecular weight excluding hydrogens is 150 g/mol. The van der Waals surface area contributed by atoms with Gasteiger partial charge >= 0.3 is 0 Å². The van der Waals surface area contributed by atoms with Gasteiger partial charge in [-0.3, -0.25) is 4.90 Å². The van der Waals surface area contributed by atoms with Crippen LogP contribution in [0.1, 0.15) is 19.3 Å². The van der Waals surface area contributed by atoms with E-state index >= 15 is 0 Å². The summed E-state index contributed by atoms with van der Waals surface area (Å²) in [6.07, 6.45) is 6.44. The van der Waals surface area contributed by atoms with Gasteiger partial charge in [-0.1, -0.05) is 6.08 Å². The van der Waals surface area contributed by atoms with Gasteiger partial charge in [-0.05, 0) is 19.3 Å². The number of hydrogen-bond donors (Lipinski definition) is 0. The largest absolute Gasteiger partial charge is 0.375 e. The third kappa shape index (κ3) is 1.41. The van der Waals surface area contributed by atoms with E-state index in [0.29, 0.717) is 12.1 Å². The van der Waals surface area contributed by atoms with Crippen LogP contribution >= 0.6 is 0 Å². The van der Waals surface area contributed by atoms with Crippen LogP contribution in [0.3, 0.4) is 0 Å². The summed E-state index contributed by atoms with van der Waals surface area (Å²) >= 11 is 0. The first kappa shape index (κ1) is 8.27. The summed E-state index contributed by atoms with van der Waals surface area (Å²) in [6, 6.07) is 0.691. The molecule has 0 bridgehead atoms. The van der Waals surface area contributed by atoms with E-state index < -0.39 is 0 Å². The molecule has 0 unspecified atom stereocenters. The zero-order valence-corrected chi connectivity index (χ0v) is 7.54. The first-order valence-electron chi connectivity index (χ1n) is 4.88. The quantitative estimate of drug-likeness (QED) is 0.577. The van der Waals surface area contributed by atoms with E-state index in [0.717, 1.165) is 19.7 Å². The molecule has 1 aliphatic heterocycles. The second kappa shape index (κ2) is 3.58. The molecule has 12 heavy (non-hydrogen) atoms. The molecule has 0 aromatic rings. The highest BCUT2D eigenvalue weighted by molar-refractivity contribution is 4.91. The second-order valence-corrected chi connectivity index (χ2v) is 3.69. The Labute approximate surface area is 74.2 Å². The third-order valence-corrected chi connectivity index (χ3v) is 2.96. The molecule has 68 valence electrons. The van der Waals surface area contributed by atoms with Crippen LogP contribution in [0, 0.1) is 0 Å². The third-order valence-electron chi connectivity index (χ3n) is 2.96. The Morgan fingerprint density at radius 2 is 2.42 bits per heavy atom. The maximum absolute atomic E-state index is 5.70. The van der Waals surface area contributed by atoms with Crippen molar-refractivity contribution >= 4 is 0 Å². The average Bonchev–Trinajstić information content (AvgIpc) is 2.53. The van der Waals surface area contributed by atoms with Crippen molar-refractivity contribution in [1.29, 1.82) is 0 Å². The number of rotatable bonds is 2. The van der Waals surface area contributed by atoms with Crippen molar-refractivity contribution in [3.63, 3.8) is 0 Å². The van der Waals surface area contributed by atoms with E-state index in [9.17, 15) is 0 Å². The van der Waals surface area contributed by atoms with Crippen LogP contribution in [0.2, 0.25) is 0 Å². The Morgan fingerprint density at radius 3 is 3.25 bits per heavy atom. The smallest absolute Gasteiger partial charge is 0.0731 e. The molecule has 0 aromatic heterocycles. The van der Waals surface area contributed by atoms with Crippen LogP contribution in [0.5, 0.6) is 0 Å². The normalized spacial score (nSPS) is 36.3. The Kier molecular flexibility index (Phi) is 2.47. The van der Waals surface area contributed by atoms with Gasteiger partial charge in [-0.25, -0.2) is 0 Å². The van der Waals surface area contributed by atoms with Crippen molar-refractivity contribution in [1.82, 2.24) is 4.90 Å². The molecule has 1 heterocycles. The maximum Gasteiger partial charge on any atom is 0.0731 e. The highest BCUT2D eigenvalue weighted by atomic mass is 16.5. The fourth-order valence-electron chi connectivity index (χ4n) is 2.40. The predicted octanol–water partition coefficient (Wildman–Crippen LogP) is 1.43. The SMILES string of the molecule is C=CCN1CCO[C@H]2CCC[C@H]21. The van der Waals surface area contributed by atoms with Gasteiger partial charge in [-0.15, -0.1) is 6.58 Å². The molecule has 2 rings (SSSR count). The van der Waals surface area contributed by atoms with Gasteiger partial charge in [0, 0.05) is 19.1 Å². The topological polar surface area (TPSA) is 12.5 Å². The van der Waals surface area contributed by atoms with Gasteiger partial charge in [0.15, 0.2) is 0 Å². The van der Waals surface area contributed by atoms with E-state index in [2.05, 4.69) is 11.5 Å². The van der Waals surface area contributed by atoms with E-state index in [1.54, 1.807) is 0 Å². The van der Waals surface area contributed by atoms with Crippen LogP contribution in [-0.2, 0) is 4.74 Å². The summed E-state index contributed by atoms with van der Waals surface area (Å²) in [7, 11) is 0. The molecule has 2 atom stereocenters. The Morgan fingerprint density at radius 1 is 1.50 bits per heavy atom. The minimum atomic E-state index is 0.527. The van der Waals surface area contributed by atoms with Crippen molar-refractivity contribution in [2.45, 2.75) is 31.4 Å². The summed E-state index contributed by atoms with van der Waals surface area (Å²) < 4.78 is 5.70. The molecule has 0 aromatic carbocycles. The molecule has 1 saturated carbocycles. The lowest BCUT2D eigenvalue weighted by atomic mass is 10.1. The van der Waals surface area contributed by atoms with Crippen molar-refractivity contribution in [3.8, 4) is 0 Å². The van der Waals surface area contributed by atoms with E-state index in [4.69, 9.17) is 4.74 Å². The molecule has 1 aliphatic carbocycles. The monoisotopic (exact) mass is 167 g/mol. The van der Waals surface area contributed by atoms with Gasteiger partial charge in [0.1, 0.15) is 0 Å². The van der Waals surface area contributed by atoms with Crippen LogP contribution in [0.25, 0.3) is 0 Å². The standard InChI is InChI=1S/C10H17NO/c1-2-6-11-7-8-12-10-5-3-4-9(10)11/h2,9-10H,1,3-8H2/t9-,10+/m1/s1. The molecule has 0 N–H and O–H groups in total. The number of fused-ring (bicyclic) bond motifs is 1. The number of nitrogens with zero attached hydrogens (tertiary/aromatic N) is 1. The molecule has 0 radical (unpaired) electrons. The van der Waals surface area contributed by atoms with Gasteiger partial charge < -0.3 is 4.74 Å². The molecule has 2 nitrogen and oxygen atoms in total. The summed E-state index contributed by atoms with van der Waals surface area (Å²) in [5.74, 6) is 0. The molecule has 0 amide bonds. The highest BCUT2D eigenvalue weighted by Crippen LogP contribution is 2.29. The molecule has 2 aliphatic rings. The average molecular weight is 167 g/mol. The van der Waals surface area contributed by atoms with Crippen molar-refractivity contribution in [3.05, 3.63) is 12.7 Å². The van der Waals surface area contributed by atoms with Crippen LogP contribution in [0.4, 0.5) is 0 Å². The first-order valence-corrected chi connectivity index (χ1v) is 4.88. The van der Waals surface area contributed by atoms with Gasteiger partial charge in [-0.2, -0.15) is 0 Å². The number of ether oxygens (including phenoxy) is 1. The van der Waals surface area contributed by atoms with E-state index in [1.165, 1.54) is 19.3 Å². The first-order chi connectivity index (χ1) is 5.92. The lowest BCUT2D eigenvalue weighted by molar-refractivity contribution is -0.0511.